The Labute approximate surface area is 172 Å². The van der Waals surface area contributed by atoms with Gasteiger partial charge < -0.3 is 15.3 Å². The van der Waals surface area contributed by atoms with Gasteiger partial charge in [0.2, 0.25) is 11.9 Å². The van der Waals surface area contributed by atoms with E-state index in [1.807, 2.05) is 13.0 Å². The monoisotopic (exact) mass is 408 g/mol. The minimum absolute atomic E-state index is 0.0687. The van der Waals surface area contributed by atoms with Gasteiger partial charge in [-0.25, -0.2) is 14.8 Å². The van der Waals surface area contributed by atoms with Crippen molar-refractivity contribution < 1.29 is 14.7 Å². The van der Waals surface area contributed by atoms with Gasteiger partial charge in [-0.05, 0) is 49.4 Å². The summed E-state index contributed by atoms with van der Waals surface area (Å²) in [5, 5.41) is 12.6. The molecule has 0 radical (unpaired) electrons. The Morgan fingerprint density at radius 1 is 1.21 bits per heavy atom. The third kappa shape index (κ3) is 3.40. The van der Waals surface area contributed by atoms with Gasteiger partial charge in [0, 0.05) is 35.1 Å². The first-order chi connectivity index (χ1) is 13.8. The maximum absolute atomic E-state index is 12.8. The molecule has 146 valence electrons. The lowest BCUT2D eigenvalue weighted by atomic mass is 9.98. The lowest BCUT2D eigenvalue weighted by molar-refractivity contribution is -0.119. The number of nitrogens with one attached hydrogen (secondary N) is 1. The number of benzene rings is 2. The average Bonchev–Trinajstić information content (AvgIpc) is 2.78. The Morgan fingerprint density at radius 3 is 2.62 bits per heavy atom. The number of hydrogen-bond donors (Lipinski definition) is 2. The molecule has 0 saturated heterocycles. The van der Waals surface area contributed by atoms with Crippen molar-refractivity contribution in [2.75, 3.05) is 17.3 Å². The Bertz CT molecular complexity index is 1130. The molecule has 1 amide bonds. The first kappa shape index (κ1) is 18.9. The summed E-state index contributed by atoms with van der Waals surface area (Å²) in [6, 6.07) is 11.6. The standard InChI is InChI=1S/C21H17ClN4O3/c1-11-16-10-23-21(24-14-6-3-12(4-7-14)20(28)29)25-18(16)15-8-5-13(22)9-17(15)26(2)19(11)27/h3-11H,1-2H3,(H,28,29)(H,23,24,25)/t11-/m1/s1. The number of carboxylic acid groups (broad SMARTS) is 1. The van der Waals surface area contributed by atoms with Gasteiger partial charge in [-0.2, -0.15) is 0 Å². The van der Waals surface area contributed by atoms with Crippen LogP contribution in [0.4, 0.5) is 17.3 Å². The minimum atomic E-state index is -0.990. The second kappa shape index (κ2) is 7.18. The van der Waals surface area contributed by atoms with Crippen molar-refractivity contribution in [1.29, 1.82) is 0 Å². The Kier molecular flexibility index (Phi) is 4.68. The molecule has 1 aliphatic rings. The summed E-state index contributed by atoms with van der Waals surface area (Å²) in [7, 11) is 1.72. The number of halogens is 1. The van der Waals surface area contributed by atoms with Crippen molar-refractivity contribution in [2.24, 2.45) is 0 Å². The van der Waals surface area contributed by atoms with Crippen LogP contribution in [0.25, 0.3) is 11.3 Å². The van der Waals surface area contributed by atoms with Crippen LogP contribution in [0, 0.1) is 0 Å². The first-order valence-electron chi connectivity index (χ1n) is 8.90. The number of carboxylic acids is 1. The molecule has 2 aromatic carbocycles. The molecule has 4 rings (SSSR count). The number of aromatic carboxylic acids is 1. The molecule has 0 spiro atoms. The maximum atomic E-state index is 12.8. The van der Waals surface area contributed by atoms with E-state index >= 15 is 0 Å². The highest BCUT2D eigenvalue weighted by atomic mass is 35.5. The summed E-state index contributed by atoms with van der Waals surface area (Å²) in [5.41, 5.74) is 3.71. The van der Waals surface area contributed by atoms with E-state index in [1.165, 1.54) is 12.1 Å². The van der Waals surface area contributed by atoms with Crippen LogP contribution in [-0.2, 0) is 4.79 Å². The van der Waals surface area contributed by atoms with Crippen molar-refractivity contribution >= 4 is 40.8 Å². The number of amides is 1. The zero-order valence-electron chi connectivity index (χ0n) is 15.7. The SMILES string of the molecule is C[C@H]1C(=O)N(C)c2cc(Cl)ccc2-c2nc(Nc3ccc(C(=O)O)cc3)ncc21. The maximum Gasteiger partial charge on any atom is 0.335 e. The zero-order chi connectivity index (χ0) is 20.7. The van der Waals surface area contributed by atoms with Gasteiger partial charge in [0.05, 0.1) is 22.9 Å². The van der Waals surface area contributed by atoms with Crippen LogP contribution in [0.2, 0.25) is 5.02 Å². The second-order valence-corrected chi connectivity index (χ2v) is 7.22. The van der Waals surface area contributed by atoms with E-state index in [0.29, 0.717) is 28.0 Å². The molecule has 0 aliphatic carbocycles. The molecular weight excluding hydrogens is 392 g/mol. The molecule has 0 fully saturated rings. The topological polar surface area (TPSA) is 95.4 Å². The number of hydrogen-bond acceptors (Lipinski definition) is 5. The Balaban J connectivity index is 1.78. The summed E-state index contributed by atoms with van der Waals surface area (Å²) in [4.78, 5) is 34.4. The van der Waals surface area contributed by atoms with E-state index in [-0.39, 0.29) is 11.5 Å². The van der Waals surface area contributed by atoms with Crippen LogP contribution in [-0.4, -0.2) is 34.0 Å². The van der Waals surface area contributed by atoms with Crippen LogP contribution in [0.1, 0.15) is 28.8 Å². The number of likely N-dealkylation sites (N-methyl/N-ethyl adjacent to an activating group) is 1. The number of nitrogens with zero attached hydrogens (tertiary/aromatic N) is 3. The summed E-state index contributed by atoms with van der Waals surface area (Å²) in [5.74, 6) is -1.13. The quantitative estimate of drug-likeness (QED) is 0.670. The van der Waals surface area contributed by atoms with Gasteiger partial charge in [0.15, 0.2) is 0 Å². The van der Waals surface area contributed by atoms with E-state index in [1.54, 1.807) is 42.4 Å². The highest BCUT2D eigenvalue weighted by Gasteiger charge is 2.31. The average molecular weight is 409 g/mol. The number of rotatable bonds is 3. The van der Waals surface area contributed by atoms with Gasteiger partial charge in [0.1, 0.15) is 0 Å². The van der Waals surface area contributed by atoms with Crippen molar-refractivity contribution in [3.63, 3.8) is 0 Å². The van der Waals surface area contributed by atoms with Gasteiger partial charge >= 0.3 is 5.97 Å². The van der Waals surface area contributed by atoms with Gasteiger partial charge in [-0.3, -0.25) is 4.79 Å². The van der Waals surface area contributed by atoms with Crippen molar-refractivity contribution in [3.05, 3.63) is 64.8 Å². The van der Waals surface area contributed by atoms with E-state index < -0.39 is 11.9 Å². The second-order valence-electron chi connectivity index (χ2n) is 6.79. The molecule has 1 aromatic heterocycles. The molecule has 2 N–H and O–H groups in total. The fourth-order valence-electron chi connectivity index (χ4n) is 3.33. The number of anilines is 3. The fraction of sp³-hybridized carbons (Fsp3) is 0.143. The van der Waals surface area contributed by atoms with Crippen LogP contribution in [0.3, 0.4) is 0 Å². The number of carbonyl (C=O) groups is 2. The van der Waals surface area contributed by atoms with E-state index in [4.69, 9.17) is 16.7 Å². The van der Waals surface area contributed by atoms with Crippen molar-refractivity contribution in [3.8, 4) is 11.3 Å². The fourth-order valence-corrected chi connectivity index (χ4v) is 3.50. The first-order valence-corrected chi connectivity index (χ1v) is 9.28. The number of fused-ring (bicyclic) bond motifs is 3. The van der Waals surface area contributed by atoms with Gasteiger partial charge in [-0.15, -0.1) is 0 Å². The van der Waals surface area contributed by atoms with Crippen molar-refractivity contribution in [1.82, 2.24) is 9.97 Å². The van der Waals surface area contributed by atoms with E-state index in [9.17, 15) is 9.59 Å². The third-order valence-electron chi connectivity index (χ3n) is 4.95. The molecule has 1 atom stereocenters. The third-order valence-corrected chi connectivity index (χ3v) is 5.18. The predicted octanol–water partition coefficient (Wildman–Crippen LogP) is 4.32. The van der Waals surface area contributed by atoms with Crippen LogP contribution < -0.4 is 10.2 Å². The molecule has 0 unspecified atom stereocenters. The molecular formula is C21H17ClN4O3. The lowest BCUT2D eigenvalue weighted by Crippen LogP contribution is -2.29. The zero-order valence-corrected chi connectivity index (χ0v) is 16.4. The van der Waals surface area contributed by atoms with Crippen LogP contribution in [0.5, 0.6) is 0 Å². The normalized spacial score (nSPS) is 15.3. The molecule has 0 bridgehead atoms. The van der Waals surface area contributed by atoms with E-state index in [0.717, 1.165) is 11.1 Å². The number of carbonyl (C=O) groups excluding carboxylic acids is 1. The Hall–Kier alpha value is -3.45. The summed E-state index contributed by atoms with van der Waals surface area (Å²) in [6.45, 7) is 1.83. The molecule has 7 nitrogen and oxygen atoms in total. The van der Waals surface area contributed by atoms with Gasteiger partial charge in [0.25, 0.3) is 0 Å². The van der Waals surface area contributed by atoms with E-state index in [2.05, 4.69) is 15.3 Å². The van der Waals surface area contributed by atoms with Crippen LogP contribution in [0.15, 0.2) is 48.7 Å². The molecule has 8 heteroatoms. The molecule has 29 heavy (non-hydrogen) atoms. The molecule has 2 heterocycles. The summed E-state index contributed by atoms with van der Waals surface area (Å²) in [6.07, 6.45) is 1.65. The van der Waals surface area contributed by atoms with Crippen molar-refractivity contribution in [2.45, 2.75) is 12.8 Å². The highest BCUT2D eigenvalue weighted by molar-refractivity contribution is 6.31. The minimum Gasteiger partial charge on any atom is -0.478 e. The number of aromatic nitrogens is 2. The lowest BCUT2D eigenvalue weighted by Gasteiger charge is -2.19. The van der Waals surface area contributed by atoms with Crippen LogP contribution >= 0.6 is 11.6 Å². The highest BCUT2D eigenvalue weighted by Crippen LogP contribution is 2.40. The smallest absolute Gasteiger partial charge is 0.335 e. The molecule has 3 aromatic rings. The molecule has 1 aliphatic heterocycles. The summed E-state index contributed by atoms with van der Waals surface area (Å²) >= 11 is 6.16. The molecule has 0 saturated carbocycles. The predicted molar refractivity (Wildman–Crippen MR) is 111 cm³/mol. The summed E-state index contributed by atoms with van der Waals surface area (Å²) < 4.78 is 0. The van der Waals surface area contributed by atoms with Gasteiger partial charge in [-0.1, -0.05) is 11.6 Å². The Morgan fingerprint density at radius 2 is 1.93 bits per heavy atom. The largest absolute Gasteiger partial charge is 0.478 e.